The van der Waals surface area contributed by atoms with Gasteiger partial charge in [-0.25, -0.2) is 0 Å². The van der Waals surface area contributed by atoms with Crippen molar-refractivity contribution in [1.29, 1.82) is 0 Å². The van der Waals surface area contributed by atoms with E-state index in [2.05, 4.69) is 13.0 Å². The highest BCUT2D eigenvalue weighted by Crippen LogP contribution is 2.39. The number of aliphatic hydroxyl groups excluding tert-OH is 1. The van der Waals surface area contributed by atoms with Gasteiger partial charge in [0.05, 0.1) is 6.61 Å². The molecule has 1 aliphatic heterocycles. The zero-order valence-electron chi connectivity index (χ0n) is 12.6. The molecule has 3 N–H and O–H groups in total. The van der Waals surface area contributed by atoms with Crippen LogP contribution in [0.5, 0.6) is 11.5 Å². The Morgan fingerprint density at radius 2 is 2.25 bits per heavy atom. The van der Waals surface area contributed by atoms with Crippen molar-refractivity contribution in [3.63, 3.8) is 0 Å². The van der Waals surface area contributed by atoms with Crippen molar-refractivity contribution in [3.8, 4) is 11.5 Å². The largest absolute Gasteiger partial charge is 0.494 e. The van der Waals surface area contributed by atoms with Crippen LogP contribution < -0.4 is 15.2 Å². The van der Waals surface area contributed by atoms with E-state index in [9.17, 15) is 5.11 Å². The first kappa shape index (κ1) is 15.1. The number of aliphatic hydroxyl groups is 1. The highest BCUT2D eigenvalue weighted by molar-refractivity contribution is 5.50. The molecule has 0 aliphatic carbocycles. The molecule has 4 heteroatoms. The number of hydrogen-bond donors (Lipinski definition) is 2. The maximum atomic E-state index is 9.28. The van der Waals surface area contributed by atoms with Crippen molar-refractivity contribution >= 4 is 0 Å². The Bertz CT molecular complexity index is 459. The predicted octanol–water partition coefficient (Wildman–Crippen LogP) is 2.22. The summed E-state index contributed by atoms with van der Waals surface area (Å²) in [4.78, 5) is 0. The summed E-state index contributed by atoms with van der Waals surface area (Å²) in [7, 11) is 0. The average Bonchev–Trinajstić information content (AvgIpc) is 2.74. The number of ether oxygens (including phenoxy) is 2. The van der Waals surface area contributed by atoms with E-state index in [4.69, 9.17) is 15.2 Å². The predicted molar refractivity (Wildman–Crippen MR) is 79.5 cm³/mol. The quantitative estimate of drug-likeness (QED) is 0.838. The topological polar surface area (TPSA) is 64.7 Å². The van der Waals surface area contributed by atoms with Crippen LogP contribution in [0.1, 0.15) is 44.2 Å². The fourth-order valence-corrected chi connectivity index (χ4v) is 2.87. The summed E-state index contributed by atoms with van der Waals surface area (Å²) in [5.41, 5.74) is 8.32. The molecule has 20 heavy (non-hydrogen) atoms. The lowest BCUT2D eigenvalue weighted by Gasteiger charge is -2.23. The normalized spacial score (nSPS) is 20.1. The van der Waals surface area contributed by atoms with Crippen molar-refractivity contribution in [2.24, 2.45) is 5.73 Å². The third-order valence-electron chi connectivity index (χ3n) is 3.80. The maximum Gasteiger partial charge on any atom is 0.123 e. The van der Waals surface area contributed by atoms with Crippen LogP contribution >= 0.6 is 0 Å². The van der Waals surface area contributed by atoms with Crippen LogP contribution in [0.2, 0.25) is 0 Å². The fraction of sp³-hybridized carbons (Fsp3) is 0.625. The summed E-state index contributed by atoms with van der Waals surface area (Å²) < 4.78 is 11.6. The number of hydrogen-bond acceptors (Lipinski definition) is 4. The van der Waals surface area contributed by atoms with Crippen molar-refractivity contribution in [2.75, 3.05) is 13.2 Å². The third-order valence-corrected chi connectivity index (χ3v) is 3.80. The maximum absolute atomic E-state index is 9.28. The first-order valence-corrected chi connectivity index (χ1v) is 7.39. The molecule has 0 aromatic heterocycles. The minimum atomic E-state index is -0.0433. The number of rotatable bonds is 6. The van der Waals surface area contributed by atoms with Gasteiger partial charge in [0.1, 0.15) is 17.6 Å². The minimum Gasteiger partial charge on any atom is -0.494 e. The summed E-state index contributed by atoms with van der Waals surface area (Å²) in [6.45, 7) is 6.74. The Morgan fingerprint density at radius 1 is 1.50 bits per heavy atom. The Balaban J connectivity index is 2.41. The van der Waals surface area contributed by atoms with E-state index in [0.29, 0.717) is 13.0 Å². The fourth-order valence-electron chi connectivity index (χ4n) is 2.87. The van der Waals surface area contributed by atoms with E-state index in [-0.39, 0.29) is 24.7 Å². The van der Waals surface area contributed by atoms with E-state index < -0.39 is 0 Å². The second kappa shape index (κ2) is 6.46. The summed E-state index contributed by atoms with van der Waals surface area (Å²) >= 11 is 0. The molecule has 1 aliphatic rings. The van der Waals surface area contributed by atoms with Crippen LogP contribution in [0.15, 0.2) is 12.1 Å². The minimum absolute atomic E-state index is 0.0433. The molecule has 0 bridgehead atoms. The molecule has 4 nitrogen and oxygen atoms in total. The lowest BCUT2D eigenvalue weighted by atomic mass is 9.88. The van der Waals surface area contributed by atoms with Crippen LogP contribution in [0.25, 0.3) is 0 Å². The highest BCUT2D eigenvalue weighted by atomic mass is 16.5. The second-order valence-electron chi connectivity index (χ2n) is 5.54. The van der Waals surface area contributed by atoms with Crippen molar-refractivity contribution in [1.82, 2.24) is 0 Å². The smallest absolute Gasteiger partial charge is 0.123 e. The van der Waals surface area contributed by atoms with Gasteiger partial charge in [0, 0.05) is 36.1 Å². The third kappa shape index (κ3) is 3.07. The number of benzene rings is 1. The molecule has 0 fully saturated rings. The zero-order chi connectivity index (χ0) is 14.7. The van der Waals surface area contributed by atoms with Crippen molar-refractivity contribution in [3.05, 3.63) is 23.3 Å². The van der Waals surface area contributed by atoms with Crippen molar-refractivity contribution in [2.45, 2.75) is 51.7 Å². The first-order valence-electron chi connectivity index (χ1n) is 7.39. The van der Waals surface area contributed by atoms with Crippen LogP contribution in [-0.4, -0.2) is 30.5 Å². The van der Waals surface area contributed by atoms with Gasteiger partial charge in [-0.05, 0) is 39.3 Å². The number of fused-ring (bicyclic) bond motifs is 1. The Morgan fingerprint density at radius 3 is 2.85 bits per heavy atom. The van der Waals surface area contributed by atoms with Crippen LogP contribution in [0.4, 0.5) is 0 Å². The van der Waals surface area contributed by atoms with Gasteiger partial charge in [-0.15, -0.1) is 0 Å². The molecule has 112 valence electrons. The van der Waals surface area contributed by atoms with E-state index >= 15 is 0 Å². The molecule has 0 spiro atoms. The monoisotopic (exact) mass is 279 g/mol. The molecule has 3 unspecified atom stereocenters. The van der Waals surface area contributed by atoms with Gasteiger partial charge in [-0.2, -0.15) is 0 Å². The van der Waals surface area contributed by atoms with Gasteiger partial charge in [-0.1, -0.05) is 0 Å². The summed E-state index contributed by atoms with van der Waals surface area (Å²) in [5, 5.41) is 9.28. The van der Waals surface area contributed by atoms with E-state index in [1.807, 2.05) is 19.9 Å². The van der Waals surface area contributed by atoms with E-state index in [1.165, 1.54) is 5.56 Å². The standard InChI is InChI=1S/C16H25NO3/c1-4-19-16-8-12-7-10(2)20-15(12)9-14(16)13(5-6-18)11(3)17/h8-11,13,18H,4-7,17H2,1-3H3. The van der Waals surface area contributed by atoms with Crippen LogP contribution in [0, 0.1) is 0 Å². The molecular formula is C16H25NO3. The lowest BCUT2D eigenvalue weighted by Crippen LogP contribution is -2.26. The van der Waals surface area contributed by atoms with Gasteiger partial charge < -0.3 is 20.3 Å². The van der Waals surface area contributed by atoms with E-state index in [1.54, 1.807) is 0 Å². The molecule has 3 atom stereocenters. The SMILES string of the molecule is CCOc1cc2c(cc1C(CCO)C(C)N)OC(C)C2. The molecule has 0 amide bonds. The first-order chi connectivity index (χ1) is 9.56. The average molecular weight is 279 g/mol. The zero-order valence-corrected chi connectivity index (χ0v) is 12.6. The molecule has 2 rings (SSSR count). The summed E-state index contributed by atoms with van der Waals surface area (Å²) in [5.74, 6) is 1.88. The van der Waals surface area contributed by atoms with Gasteiger partial charge in [0.2, 0.25) is 0 Å². The van der Waals surface area contributed by atoms with Gasteiger partial charge in [-0.3, -0.25) is 0 Å². The van der Waals surface area contributed by atoms with Crippen LogP contribution in [-0.2, 0) is 6.42 Å². The Kier molecular flexibility index (Phi) is 4.89. The van der Waals surface area contributed by atoms with Gasteiger partial charge in [0.25, 0.3) is 0 Å². The van der Waals surface area contributed by atoms with E-state index in [0.717, 1.165) is 23.5 Å². The van der Waals surface area contributed by atoms with Gasteiger partial charge >= 0.3 is 0 Å². The Hall–Kier alpha value is -1.26. The molecule has 1 heterocycles. The molecule has 1 aromatic carbocycles. The number of nitrogens with two attached hydrogens (primary N) is 1. The van der Waals surface area contributed by atoms with Crippen molar-refractivity contribution < 1.29 is 14.6 Å². The molecule has 0 radical (unpaired) electrons. The van der Waals surface area contributed by atoms with Gasteiger partial charge in [0.15, 0.2) is 0 Å². The molecule has 1 aromatic rings. The lowest BCUT2D eigenvalue weighted by molar-refractivity contribution is 0.252. The Labute approximate surface area is 120 Å². The summed E-state index contributed by atoms with van der Waals surface area (Å²) in [6, 6.07) is 4.08. The van der Waals surface area contributed by atoms with Crippen LogP contribution in [0.3, 0.4) is 0 Å². The highest BCUT2D eigenvalue weighted by Gasteiger charge is 2.26. The second-order valence-corrected chi connectivity index (χ2v) is 5.54. The molecule has 0 saturated heterocycles. The molecule has 0 saturated carbocycles. The summed E-state index contributed by atoms with van der Waals surface area (Å²) in [6.07, 6.45) is 1.76. The molecular weight excluding hydrogens is 254 g/mol.